The summed E-state index contributed by atoms with van der Waals surface area (Å²) >= 11 is 2.10. The van der Waals surface area contributed by atoms with Crippen LogP contribution in [0.2, 0.25) is 0 Å². The molecule has 2 amide bonds. The van der Waals surface area contributed by atoms with Gasteiger partial charge < -0.3 is 20.1 Å². The zero-order chi connectivity index (χ0) is 47.8. The smallest absolute Gasteiger partial charge is 0.301 e. The summed E-state index contributed by atoms with van der Waals surface area (Å²) in [6.07, 6.45) is 3.52. The van der Waals surface area contributed by atoms with Gasteiger partial charge in [-0.3, -0.25) is 32.3 Å². The lowest BCUT2D eigenvalue weighted by Gasteiger charge is -2.18. The summed E-state index contributed by atoms with van der Waals surface area (Å²) < 4.78 is 67.3. The molecule has 0 saturated carbocycles. The Kier molecular flexibility index (Phi) is 14.5. The van der Waals surface area contributed by atoms with E-state index in [4.69, 9.17) is 9.47 Å². The zero-order valence-electron chi connectivity index (χ0n) is 35.9. The number of aromatic nitrogens is 4. The van der Waals surface area contributed by atoms with E-state index in [1.807, 2.05) is 60.7 Å². The van der Waals surface area contributed by atoms with Gasteiger partial charge in [0.05, 0.1) is 11.4 Å². The zero-order valence-corrected chi connectivity index (χ0v) is 38.8. The van der Waals surface area contributed by atoms with E-state index in [-0.39, 0.29) is 66.4 Å². The van der Waals surface area contributed by atoms with Gasteiger partial charge in [-0.25, -0.2) is 27.2 Å². The molecule has 0 radical (unpaired) electrons. The van der Waals surface area contributed by atoms with E-state index in [2.05, 4.69) is 43.2 Å². The molecule has 346 valence electrons. The summed E-state index contributed by atoms with van der Waals surface area (Å²) in [5.74, 6) is -2.29. The Labute approximate surface area is 401 Å². The summed E-state index contributed by atoms with van der Waals surface area (Å²) in [6, 6.07) is 36.4. The topological polar surface area (TPSA) is 183 Å². The number of benzene rings is 4. The molecule has 1 saturated heterocycles. The van der Waals surface area contributed by atoms with Crippen LogP contribution in [-0.4, -0.2) is 51.3 Å². The number of carbonyl (C=O) groups is 2. The number of anilines is 1. The van der Waals surface area contributed by atoms with Crippen molar-refractivity contribution in [2.24, 2.45) is 0 Å². The molecule has 68 heavy (non-hydrogen) atoms. The average Bonchev–Trinajstić information content (AvgIpc) is 3.72. The van der Waals surface area contributed by atoms with Gasteiger partial charge in [-0.05, 0) is 99.8 Å². The predicted molar refractivity (Wildman–Crippen MR) is 258 cm³/mol. The standard InChI is InChI=1S/C26H23FN4O5S.C23H17FIN3O3/c27-20-9-7-18(8-10-20)15-28-25(32)23-24(36-17-19-5-2-1-3-6-19)26(33)30-16-21(11-12-22(30)29-23)31-13-4-14-37(31,34)35;24-17-8-6-15(7-9-17)12-26-22(29)20-21(31-14-16-4-2-1-3-5-16)23(30)28-13-18(25)10-11-19(28)27-20/h1-3,5-12,16H,4,13-15,17H2,(H,28,32);1-11,13H,12,14H2,(H,26,29). The van der Waals surface area contributed by atoms with Crippen molar-refractivity contribution in [2.45, 2.75) is 32.7 Å². The van der Waals surface area contributed by atoms with E-state index in [1.165, 1.54) is 49.6 Å². The van der Waals surface area contributed by atoms with Crippen LogP contribution in [0.4, 0.5) is 14.5 Å². The molecule has 0 spiro atoms. The number of rotatable bonds is 13. The fourth-order valence-corrected chi connectivity index (χ4v) is 9.06. The molecular weight excluding hydrogens is 1010 g/mol. The number of nitrogens with one attached hydrogen (secondary N) is 2. The second-order valence-electron chi connectivity index (χ2n) is 15.3. The van der Waals surface area contributed by atoms with Gasteiger partial charge in [0.15, 0.2) is 11.4 Å². The van der Waals surface area contributed by atoms with Crippen LogP contribution in [0, 0.1) is 15.2 Å². The predicted octanol–water partition coefficient (Wildman–Crippen LogP) is 6.83. The quantitative estimate of drug-likeness (QED) is 0.116. The molecule has 2 N–H and O–H groups in total. The minimum atomic E-state index is -3.46. The first-order valence-electron chi connectivity index (χ1n) is 21.0. The molecule has 15 nitrogen and oxygen atoms in total. The lowest BCUT2D eigenvalue weighted by atomic mass is 10.2. The summed E-state index contributed by atoms with van der Waals surface area (Å²) in [5.41, 5.74) is 2.43. The van der Waals surface area contributed by atoms with Gasteiger partial charge in [0, 0.05) is 35.6 Å². The fraction of sp³-hybridized carbons (Fsp3) is 0.143. The summed E-state index contributed by atoms with van der Waals surface area (Å²) in [4.78, 5) is 61.4. The van der Waals surface area contributed by atoms with Crippen molar-refractivity contribution in [3.8, 4) is 11.5 Å². The second-order valence-corrected chi connectivity index (χ2v) is 18.5. The fourth-order valence-electron chi connectivity index (χ4n) is 7.05. The Morgan fingerprint density at radius 1 is 0.603 bits per heavy atom. The maximum Gasteiger partial charge on any atom is 0.301 e. The molecule has 1 aliphatic rings. The number of amides is 2. The molecule has 4 aromatic heterocycles. The van der Waals surface area contributed by atoms with Crippen molar-refractivity contribution >= 4 is 61.4 Å². The van der Waals surface area contributed by atoms with Crippen molar-refractivity contribution in [1.29, 1.82) is 0 Å². The van der Waals surface area contributed by atoms with Crippen LogP contribution >= 0.6 is 22.6 Å². The number of pyridine rings is 2. The number of hydrogen-bond acceptors (Lipinski definition) is 10. The number of nitrogens with zero attached hydrogens (tertiary/aromatic N) is 5. The third-order valence-corrected chi connectivity index (χ3v) is 13.0. The maximum absolute atomic E-state index is 13.5. The third kappa shape index (κ3) is 11.2. The SMILES string of the molecule is O=C(NCc1ccc(F)cc1)c1nc2ccc(I)cn2c(=O)c1OCc1ccccc1.O=C(NCc1ccc(F)cc1)c1nc2ccc(N3CCCS3(=O)=O)cn2c(=O)c1OCc1ccccc1. The van der Waals surface area contributed by atoms with Crippen molar-refractivity contribution < 1.29 is 36.3 Å². The van der Waals surface area contributed by atoms with Gasteiger partial charge in [-0.2, -0.15) is 0 Å². The van der Waals surface area contributed by atoms with E-state index in [1.54, 1.807) is 48.7 Å². The Bertz CT molecular complexity index is 3360. The van der Waals surface area contributed by atoms with Crippen LogP contribution in [-0.2, 0) is 36.3 Å². The van der Waals surface area contributed by atoms with E-state index in [0.717, 1.165) is 14.7 Å². The molecular formula is C49H40F2IN7O8S. The van der Waals surface area contributed by atoms with Crippen molar-refractivity contribution in [3.63, 3.8) is 0 Å². The van der Waals surface area contributed by atoms with Crippen LogP contribution in [0.25, 0.3) is 11.3 Å². The average molecular weight is 1050 g/mol. The highest BCUT2D eigenvalue weighted by Gasteiger charge is 2.30. The van der Waals surface area contributed by atoms with E-state index in [9.17, 15) is 36.4 Å². The first-order chi connectivity index (χ1) is 32.8. The summed E-state index contributed by atoms with van der Waals surface area (Å²) in [7, 11) is -3.46. The van der Waals surface area contributed by atoms with Gasteiger partial charge in [0.25, 0.3) is 11.8 Å². The van der Waals surface area contributed by atoms with Gasteiger partial charge in [0.1, 0.15) is 36.1 Å². The monoisotopic (exact) mass is 1050 g/mol. The number of fused-ring (bicyclic) bond motifs is 2. The summed E-state index contributed by atoms with van der Waals surface area (Å²) in [6.45, 7) is 0.695. The van der Waals surface area contributed by atoms with Crippen LogP contribution in [0.3, 0.4) is 0 Å². The largest absolute Gasteiger partial charge is 0.481 e. The van der Waals surface area contributed by atoms with Crippen LogP contribution in [0.1, 0.15) is 49.7 Å². The number of sulfonamides is 1. The molecule has 1 fully saturated rings. The van der Waals surface area contributed by atoms with Gasteiger partial charge in [-0.15, -0.1) is 0 Å². The molecule has 0 bridgehead atoms. The Morgan fingerprint density at radius 2 is 1.06 bits per heavy atom. The van der Waals surface area contributed by atoms with Crippen LogP contribution < -0.4 is 35.5 Å². The minimum absolute atomic E-state index is 0.0161. The number of hydrogen-bond donors (Lipinski definition) is 2. The number of carbonyl (C=O) groups excluding carboxylic acids is 2. The third-order valence-electron chi connectivity index (χ3n) is 10.5. The summed E-state index contributed by atoms with van der Waals surface area (Å²) in [5, 5.41) is 5.42. The van der Waals surface area contributed by atoms with E-state index < -0.39 is 38.8 Å². The Balaban J connectivity index is 0.000000187. The van der Waals surface area contributed by atoms with Gasteiger partial charge in [-0.1, -0.05) is 84.9 Å². The molecule has 19 heteroatoms. The van der Waals surface area contributed by atoms with Crippen molar-refractivity contribution in [2.75, 3.05) is 16.6 Å². The molecule has 0 aliphatic carbocycles. The van der Waals surface area contributed by atoms with Gasteiger partial charge in [0.2, 0.25) is 21.5 Å². The first kappa shape index (κ1) is 47.0. The molecule has 0 atom stereocenters. The highest BCUT2D eigenvalue weighted by atomic mass is 127. The lowest BCUT2D eigenvalue weighted by Crippen LogP contribution is -2.30. The molecule has 0 unspecified atom stereocenters. The Morgan fingerprint density at radius 3 is 1.51 bits per heavy atom. The normalized spacial score (nSPS) is 12.8. The Hall–Kier alpha value is -7.52. The second kappa shape index (κ2) is 21.0. The molecule has 8 aromatic rings. The van der Waals surface area contributed by atoms with Crippen molar-refractivity contribution in [3.05, 3.63) is 215 Å². The minimum Gasteiger partial charge on any atom is -0.481 e. The van der Waals surface area contributed by atoms with Crippen LogP contribution in [0.5, 0.6) is 11.5 Å². The van der Waals surface area contributed by atoms with Gasteiger partial charge >= 0.3 is 11.1 Å². The van der Waals surface area contributed by atoms with E-state index >= 15 is 0 Å². The molecule has 9 rings (SSSR count). The molecule has 1 aliphatic heterocycles. The lowest BCUT2D eigenvalue weighted by molar-refractivity contribution is 0.0932. The number of ether oxygens (including phenoxy) is 2. The van der Waals surface area contributed by atoms with E-state index in [0.29, 0.717) is 35.4 Å². The molecule has 5 heterocycles. The maximum atomic E-state index is 13.5. The van der Waals surface area contributed by atoms with Crippen LogP contribution in [0.15, 0.2) is 155 Å². The highest BCUT2D eigenvalue weighted by molar-refractivity contribution is 14.1. The first-order valence-corrected chi connectivity index (χ1v) is 23.7. The van der Waals surface area contributed by atoms with Crippen molar-refractivity contribution in [1.82, 2.24) is 29.4 Å². The number of halogens is 3. The highest BCUT2D eigenvalue weighted by Crippen LogP contribution is 2.25. The molecule has 4 aromatic carbocycles.